The number of hydrogen-bond donors (Lipinski definition) is 3. The molecular formula is C7H11NO4. The van der Waals surface area contributed by atoms with E-state index in [0.717, 1.165) is 0 Å². The molecule has 0 aliphatic carbocycles. The van der Waals surface area contributed by atoms with Crippen LogP contribution in [0.1, 0.15) is 20.3 Å². The van der Waals surface area contributed by atoms with Crippen LogP contribution in [-0.4, -0.2) is 33.2 Å². The van der Waals surface area contributed by atoms with E-state index >= 15 is 0 Å². The second kappa shape index (κ2) is 2.20. The van der Waals surface area contributed by atoms with Crippen LogP contribution in [-0.2, 0) is 9.59 Å². The standard InChI is InChI=1S/C7H11NO4/c1-6(12)3-4(9)8-7(6,2)5(10)11/h12H,3H2,1-2H3,(H,8,9)(H,10,11). The van der Waals surface area contributed by atoms with Gasteiger partial charge in [-0.15, -0.1) is 0 Å². The fraction of sp³-hybridized carbons (Fsp3) is 0.714. The van der Waals surface area contributed by atoms with E-state index < -0.39 is 23.0 Å². The molecule has 0 aromatic rings. The number of hydrogen-bond acceptors (Lipinski definition) is 3. The Labute approximate surface area is 69.4 Å². The van der Waals surface area contributed by atoms with Crippen molar-refractivity contribution in [1.29, 1.82) is 0 Å². The van der Waals surface area contributed by atoms with Gasteiger partial charge in [0.05, 0.1) is 6.42 Å². The molecule has 0 radical (unpaired) electrons. The summed E-state index contributed by atoms with van der Waals surface area (Å²) in [4.78, 5) is 21.6. The summed E-state index contributed by atoms with van der Waals surface area (Å²) in [7, 11) is 0. The summed E-state index contributed by atoms with van der Waals surface area (Å²) >= 11 is 0. The van der Waals surface area contributed by atoms with Crippen LogP contribution in [0.25, 0.3) is 0 Å². The van der Waals surface area contributed by atoms with E-state index in [1.165, 1.54) is 13.8 Å². The Kier molecular flexibility index (Phi) is 1.64. The predicted molar refractivity (Wildman–Crippen MR) is 39.4 cm³/mol. The minimum absolute atomic E-state index is 0.171. The van der Waals surface area contributed by atoms with Gasteiger partial charge in [0, 0.05) is 0 Å². The average Bonchev–Trinajstić information content (AvgIpc) is 2.02. The van der Waals surface area contributed by atoms with Gasteiger partial charge in [0.25, 0.3) is 0 Å². The largest absolute Gasteiger partial charge is 0.479 e. The number of rotatable bonds is 1. The molecule has 0 spiro atoms. The fourth-order valence-corrected chi connectivity index (χ4v) is 1.23. The molecular weight excluding hydrogens is 162 g/mol. The van der Waals surface area contributed by atoms with Gasteiger partial charge in [0.1, 0.15) is 5.60 Å². The summed E-state index contributed by atoms with van der Waals surface area (Å²) in [6, 6.07) is 0. The van der Waals surface area contributed by atoms with E-state index in [1.807, 2.05) is 0 Å². The van der Waals surface area contributed by atoms with Gasteiger partial charge >= 0.3 is 5.97 Å². The Morgan fingerprint density at radius 3 is 2.25 bits per heavy atom. The Morgan fingerprint density at radius 1 is 1.58 bits per heavy atom. The lowest BCUT2D eigenvalue weighted by Gasteiger charge is -2.30. The number of aliphatic carboxylic acids is 1. The van der Waals surface area contributed by atoms with Crippen molar-refractivity contribution in [2.45, 2.75) is 31.4 Å². The SMILES string of the molecule is CC1(O)CC(=O)NC1(C)C(=O)O. The summed E-state index contributed by atoms with van der Waals surface area (Å²) < 4.78 is 0. The lowest BCUT2D eigenvalue weighted by atomic mass is 9.84. The molecule has 2 atom stereocenters. The number of carboxylic acid groups (broad SMARTS) is 1. The minimum atomic E-state index is -1.57. The van der Waals surface area contributed by atoms with E-state index in [2.05, 4.69) is 5.32 Å². The van der Waals surface area contributed by atoms with E-state index in [9.17, 15) is 14.7 Å². The Balaban J connectivity index is 3.05. The highest BCUT2D eigenvalue weighted by Gasteiger charge is 2.56. The molecule has 1 saturated heterocycles. The zero-order valence-corrected chi connectivity index (χ0v) is 6.92. The predicted octanol–water partition coefficient (Wildman–Crippen LogP) is -0.899. The number of aliphatic hydroxyl groups is 1. The first-order chi connectivity index (χ1) is 5.29. The molecule has 2 unspecified atom stereocenters. The van der Waals surface area contributed by atoms with Crippen LogP contribution in [0.4, 0.5) is 0 Å². The summed E-state index contributed by atoms with van der Waals surface area (Å²) in [5.74, 6) is -1.66. The molecule has 0 saturated carbocycles. The maximum atomic E-state index is 10.8. The third-order valence-corrected chi connectivity index (χ3v) is 2.40. The molecule has 0 aromatic heterocycles. The van der Waals surface area contributed by atoms with Crippen molar-refractivity contribution in [2.24, 2.45) is 0 Å². The van der Waals surface area contributed by atoms with Gasteiger partial charge in [-0.2, -0.15) is 0 Å². The maximum absolute atomic E-state index is 10.8. The first-order valence-electron chi connectivity index (χ1n) is 3.56. The summed E-state index contributed by atoms with van der Waals surface area (Å²) in [6.45, 7) is 2.62. The molecule has 5 heteroatoms. The van der Waals surface area contributed by atoms with E-state index in [1.54, 1.807) is 0 Å². The third-order valence-electron chi connectivity index (χ3n) is 2.40. The third kappa shape index (κ3) is 0.972. The van der Waals surface area contributed by atoms with Gasteiger partial charge in [-0.3, -0.25) is 4.79 Å². The van der Waals surface area contributed by atoms with Gasteiger partial charge in [-0.25, -0.2) is 4.79 Å². The van der Waals surface area contributed by atoms with Crippen molar-refractivity contribution >= 4 is 11.9 Å². The summed E-state index contributed by atoms with van der Waals surface area (Å²) in [5, 5.41) is 20.6. The number of carboxylic acids is 1. The normalized spacial score (nSPS) is 41.1. The van der Waals surface area contributed by atoms with Crippen molar-refractivity contribution in [3.05, 3.63) is 0 Å². The van der Waals surface area contributed by atoms with Crippen LogP contribution in [0.15, 0.2) is 0 Å². The van der Waals surface area contributed by atoms with E-state index in [0.29, 0.717) is 0 Å². The molecule has 0 aromatic carbocycles. The number of nitrogens with one attached hydrogen (secondary N) is 1. The maximum Gasteiger partial charge on any atom is 0.332 e. The van der Waals surface area contributed by atoms with Gasteiger partial charge in [-0.1, -0.05) is 0 Å². The second-order valence-electron chi connectivity index (χ2n) is 3.43. The van der Waals surface area contributed by atoms with E-state index in [-0.39, 0.29) is 6.42 Å². The molecule has 1 aliphatic rings. The number of carbonyl (C=O) groups is 2. The Bertz CT molecular complexity index is 248. The van der Waals surface area contributed by atoms with Crippen LogP contribution in [0.5, 0.6) is 0 Å². The number of carbonyl (C=O) groups excluding carboxylic acids is 1. The molecule has 3 N–H and O–H groups in total. The van der Waals surface area contributed by atoms with Crippen LogP contribution in [0.3, 0.4) is 0 Å². The molecule has 68 valence electrons. The zero-order chi connectivity index (χ0) is 9.57. The summed E-state index contributed by atoms with van der Waals surface area (Å²) in [6.07, 6.45) is -0.171. The quantitative estimate of drug-likeness (QED) is 0.479. The molecule has 1 heterocycles. The Hall–Kier alpha value is -1.10. The molecule has 12 heavy (non-hydrogen) atoms. The van der Waals surface area contributed by atoms with Gasteiger partial charge in [0.15, 0.2) is 5.54 Å². The highest BCUT2D eigenvalue weighted by molar-refractivity contribution is 5.93. The van der Waals surface area contributed by atoms with Gasteiger partial charge < -0.3 is 15.5 Å². The lowest BCUT2D eigenvalue weighted by Crippen LogP contribution is -2.58. The molecule has 1 rings (SSSR count). The minimum Gasteiger partial charge on any atom is -0.479 e. The van der Waals surface area contributed by atoms with Crippen LogP contribution < -0.4 is 5.32 Å². The molecule has 0 bridgehead atoms. The first-order valence-corrected chi connectivity index (χ1v) is 3.56. The van der Waals surface area contributed by atoms with Crippen LogP contribution in [0.2, 0.25) is 0 Å². The van der Waals surface area contributed by atoms with Crippen molar-refractivity contribution in [3.63, 3.8) is 0 Å². The molecule has 1 amide bonds. The lowest BCUT2D eigenvalue weighted by molar-refractivity contribution is -0.152. The summed E-state index contributed by atoms with van der Waals surface area (Å²) in [5.41, 5.74) is -3.08. The smallest absolute Gasteiger partial charge is 0.332 e. The van der Waals surface area contributed by atoms with Crippen molar-refractivity contribution < 1.29 is 19.8 Å². The fourth-order valence-electron chi connectivity index (χ4n) is 1.23. The highest BCUT2D eigenvalue weighted by Crippen LogP contribution is 2.31. The Morgan fingerprint density at radius 2 is 2.08 bits per heavy atom. The van der Waals surface area contributed by atoms with Gasteiger partial charge in [0.2, 0.25) is 5.91 Å². The average molecular weight is 173 g/mol. The first kappa shape index (κ1) is 8.99. The van der Waals surface area contributed by atoms with Crippen molar-refractivity contribution in [1.82, 2.24) is 5.32 Å². The van der Waals surface area contributed by atoms with Crippen LogP contribution >= 0.6 is 0 Å². The molecule has 1 fully saturated rings. The van der Waals surface area contributed by atoms with Crippen molar-refractivity contribution in [2.75, 3.05) is 0 Å². The van der Waals surface area contributed by atoms with Gasteiger partial charge in [-0.05, 0) is 13.8 Å². The number of amides is 1. The monoisotopic (exact) mass is 173 g/mol. The second-order valence-corrected chi connectivity index (χ2v) is 3.43. The van der Waals surface area contributed by atoms with E-state index in [4.69, 9.17) is 5.11 Å². The van der Waals surface area contributed by atoms with Crippen molar-refractivity contribution in [3.8, 4) is 0 Å². The van der Waals surface area contributed by atoms with Crippen LogP contribution in [0, 0.1) is 0 Å². The zero-order valence-electron chi connectivity index (χ0n) is 6.92. The highest BCUT2D eigenvalue weighted by atomic mass is 16.4. The molecule has 5 nitrogen and oxygen atoms in total. The molecule has 1 aliphatic heterocycles. The topological polar surface area (TPSA) is 86.6 Å².